The molecule has 1 aromatic carbocycles. The molecule has 34 heavy (non-hydrogen) atoms. The van der Waals surface area contributed by atoms with Crippen LogP contribution in [0.4, 0.5) is 16.0 Å². The van der Waals surface area contributed by atoms with Gasteiger partial charge < -0.3 is 9.84 Å². The molecule has 0 bridgehead atoms. The normalized spacial score (nSPS) is 11.6. The van der Waals surface area contributed by atoms with Gasteiger partial charge in [-0.1, -0.05) is 32.0 Å². The Kier molecular flexibility index (Phi) is 6.18. The predicted octanol–water partition coefficient (Wildman–Crippen LogP) is 3.96. The molecule has 3 heterocycles. The van der Waals surface area contributed by atoms with Gasteiger partial charge in [0, 0.05) is 25.1 Å². The lowest BCUT2D eigenvalue weighted by Gasteiger charge is -2.11. The molecule has 4 rings (SSSR count). The average molecular weight is 465 g/mol. The van der Waals surface area contributed by atoms with E-state index in [2.05, 4.69) is 35.5 Å². The number of nitrogens with one attached hydrogen (secondary N) is 1. The summed E-state index contributed by atoms with van der Waals surface area (Å²) in [5, 5.41) is 10.9. The van der Waals surface area contributed by atoms with Crippen LogP contribution in [-0.2, 0) is 18.9 Å². The largest absolute Gasteiger partial charge is 0.338 e. The summed E-state index contributed by atoms with van der Waals surface area (Å²) in [5.74, 6) is 0.214. The highest BCUT2D eigenvalue weighted by Gasteiger charge is 2.24. The van der Waals surface area contributed by atoms with Crippen molar-refractivity contribution in [1.29, 1.82) is 0 Å². The second-order valence-electron chi connectivity index (χ2n) is 8.97. The number of ketones is 1. The van der Waals surface area contributed by atoms with Crippen LogP contribution in [0.2, 0.25) is 0 Å². The van der Waals surface area contributed by atoms with Crippen LogP contribution in [0, 0.1) is 12.7 Å². The van der Waals surface area contributed by atoms with E-state index in [1.54, 1.807) is 43.2 Å². The quantitative estimate of drug-likeness (QED) is 0.405. The highest BCUT2D eigenvalue weighted by atomic mass is 19.1. The molecular formula is C23H25FN8O2. The number of benzene rings is 1. The number of Topliss-reactive ketones (excluding diaryl/α,β-unsaturated/α-hetero) is 1. The maximum absolute atomic E-state index is 15.2. The molecule has 0 unspecified atom stereocenters. The first-order chi connectivity index (χ1) is 16.1. The summed E-state index contributed by atoms with van der Waals surface area (Å²) in [6.07, 6.45) is 5.19. The SMILES string of the molecule is Cc1c(CCC(=O)c2noc(C(C)(C)C)n2)ccc(-c2ncnc(Nc3cnn(C)c3)n2)c1F. The van der Waals surface area contributed by atoms with Crippen molar-refractivity contribution in [2.45, 2.75) is 46.0 Å². The zero-order chi connectivity index (χ0) is 24.5. The van der Waals surface area contributed by atoms with Crippen molar-refractivity contribution >= 4 is 17.4 Å². The number of hydrogen-bond donors (Lipinski definition) is 1. The van der Waals surface area contributed by atoms with E-state index in [0.717, 1.165) is 0 Å². The van der Waals surface area contributed by atoms with E-state index >= 15 is 4.39 Å². The number of halogens is 1. The fourth-order valence-corrected chi connectivity index (χ4v) is 3.27. The number of carbonyl (C=O) groups excluding carboxylic acids is 1. The number of rotatable bonds is 7. The van der Waals surface area contributed by atoms with Gasteiger partial charge in [0.2, 0.25) is 23.4 Å². The van der Waals surface area contributed by atoms with Crippen LogP contribution in [0.15, 0.2) is 35.4 Å². The minimum Gasteiger partial charge on any atom is -0.338 e. The Morgan fingerprint density at radius 3 is 2.68 bits per heavy atom. The summed E-state index contributed by atoms with van der Waals surface area (Å²) < 4.78 is 22.1. The van der Waals surface area contributed by atoms with Crippen LogP contribution >= 0.6 is 0 Å². The molecule has 3 aromatic heterocycles. The minimum atomic E-state index is -0.446. The van der Waals surface area contributed by atoms with Gasteiger partial charge in [0.1, 0.15) is 12.1 Å². The Morgan fingerprint density at radius 1 is 1.21 bits per heavy atom. The van der Waals surface area contributed by atoms with E-state index in [1.807, 2.05) is 20.8 Å². The lowest BCUT2D eigenvalue weighted by Crippen LogP contribution is -2.12. The third kappa shape index (κ3) is 4.98. The Labute approximate surface area is 195 Å². The van der Waals surface area contributed by atoms with Crippen LogP contribution in [0.3, 0.4) is 0 Å². The van der Waals surface area contributed by atoms with Crippen molar-refractivity contribution in [2.24, 2.45) is 7.05 Å². The molecule has 0 atom stereocenters. The topological polar surface area (TPSA) is 125 Å². The van der Waals surface area contributed by atoms with Crippen LogP contribution in [0.5, 0.6) is 0 Å². The van der Waals surface area contributed by atoms with E-state index in [0.29, 0.717) is 29.1 Å². The molecule has 1 N–H and O–H groups in total. The average Bonchev–Trinajstić information content (AvgIpc) is 3.44. The number of aryl methyl sites for hydroxylation is 2. The Bertz CT molecular complexity index is 1340. The van der Waals surface area contributed by atoms with Gasteiger partial charge in [0.05, 0.1) is 17.4 Å². The van der Waals surface area contributed by atoms with Gasteiger partial charge in [-0.05, 0) is 30.5 Å². The highest BCUT2D eigenvalue weighted by Crippen LogP contribution is 2.26. The van der Waals surface area contributed by atoms with Crippen molar-refractivity contribution in [1.82, 2.24) is 34.9 Å². The summed E-state index contributed by atoms with van der Waals surface area (Å²) >= 11 is 0. The molecule has 176 valence electrons. The monoisotopic (exact) mass is 464 g/mol. The third-order valence-electron chi connectivity index (χ3n) is 5.21. The first-order valence-electron chi connectivity index (χ1n) is 10.7. The first-order valence-corrected chi connectivity index (χ1v) is 10.7. The number of nitrogens with zero attached hydrogens (tertiary/aromatic N) is 7. The number of carbonyl (C=O) groups is 1. The van der Waals surface area contributed by atoms with E-state index in [9.17, 15) is 4.79 Å². The van der Waals surface area contributed by atoms with Gasteiger partial charge in [0.25, 0.3) is 0 Å². The fourth-order valence-electron chi connectivity index (χ4n) is 3.27. The second-order valence-corrected chi connectivity index (χ2v) is 8.97. The number of aromatic nitrogens is 7. The predicted molar refractivity (Wildman–Crippen MR) is 122 cm³/mol. The van der Waals surface area contributed by atoms with Gasteiger partial charge in [-0.2, -0.15) is 15.1 Å². The lowest BCUT2D eigenvalue weighted by atomic mass is 9.97. The molecule has 0 radical (unpaired) electrons. The van der Waals surface area contributed by atoms with Gasteiger partial charge in [-0.25, -0.2) is 14.4 Å². The van der Waals surface area contributed by atoms with E-state index < -0.39 is 5.82 Å². The highest BCUT2D eigenvalue weighted by molar-refractivity contribution is 5.92. The lowest BCUT2D eigenvalue weighted by molar-refractivity contribution is 0.0969. The molecule has 0 saturated heterocycles. The first kappa shape index (κ1) is 23.1. The molecule has 0 aliphatic carbocycles. The van der Waals surface area contributed by atoms with Crippen LogP contribution in [-0.4, -0.2) is 40.7 Å². The third-order valence-corrected chi connectivity index (χ3v) is 5.21. The van der Waals surface area contributed by atoms with Crippen molar-refractivity contribution < 1.29 is 13.7 Å². The van der Waals surface area contributed by atoms with Gasteiger partial charge >= 0.3 is 0 Å². The Balaban J connectivity index is 1.48. The summed E-state index contributed by atoms with van der Waals surface area (Å²) in [4.78, 5) is 29.2. The summed E-state index contributed by atoms with van der Waals surface area (Å²) in [7, 11) is 1.79. The van der Waals surface area contributed by atoms with Crippen LogP contribution < -0.4 is 5.32 Å². The molecule has 4 aromatic rings. The standard InChI is InChI=1S/C23H25FN8O2/c1-13-14(7-9-17(33)20-29-21(34-31-20)23(2,3)4)6-8-16(18(13)24)19-25-12-26-22(30-19)28-15-10-27-32(5)11-15/h6,8,10-12H,7,9H2,1-5H3,(H,25,26,28,30). The molecule has 0 saturated carbocycles. The maximum atomic E-state index is 15.2. The number of hydrogen-bond acceptors (Lipinski definition) is 9. The molecule has 0 spiro atoms. The van der Waals surface area contributed by atoms with E-state index in [4.69, 9.17) is 4.52 Å². The van der Waals surface area contributed by atoms with Crippen molar-refractivity contribution in [3.63, 3.8) is 0 Å². The van der Waals surface area contributed by atoms with Crippen molar-refractivity contribution in [3.8, 4) is 11.4 Å². The van der Waals surface area contributed by atoms with Gasteiger partial charge in [-0.3, -0.25) is 9.48 Å². The summed E-state index contributed by atoms with van der Waals surface area (Å²) in [6.45, 7) is 7.44. The van der Waals surface area contributed by atoms with Gasteiger partial charge in [-0.15, -0.1) is 0 Å². The Morgan fingerprint density at radius 2 is 2.00 bits per heavy atom. The minimum absolute atomic E-state index is 0.0403. The van der Waals surface area contributed by atoms with Crippen molar-refractivity contribution in [3.05, 3.63) is 59.5 Å². The maximum Gasteiger partial charge on any atom is 0.238 e. The Hall–Kier alpha value is -4.02. The summed E-state index contributed by atoms with van der Waals surface area (Å²) in [5.41, 5.74) is 1.74. The molecule has 0 aliphatic rings. The zero-order valence-electron chi connectivity index (χ0n) is 19.6. The molecular weight excluding hydrogens is 439 g/mol. The summed E-state index contributed by atoms with van der Waals surface area (Å²) in [6, 6.07) is 3.38. The van der Waals surface area contributed by atoms with Gasteiger partial charge in [0.15, 0.2) is 5.82 Å². The van der Waals surface area contributed by atoms with Crippen molar-refractivity contribution in [2.75, 3.05) is 5.32 Å². The molecule has 0 fully saturated rings. The number of anilines is 2. The van der Waals surface area contributed by atoms with Crippen LogP contribution in [0.25, 0.3) is 11.4 Å². The second kappa shape index (κ2) is 9.08. The molecule has 10 nitrogen and oxygen atoms in total. The van der Waals surface area contributed by atoms with E-state index in [1.165, 1.54) is 6.33 Å². The smallest absolute Gasteiger partial charge is 0.238 e. The molecule has 11 heteroatoms. The van der Waals surface area contributed by atoms with Crippen LogP contribution in [0.1, 0.15) is 54.8 Å². The molecule has 0 aliphatic heterocycles. The molecule has 0 amide bonds. The fraction of sp³-hybridized carbons (Fsp3) is 0.348. The zero-order valence-corrected chi connectivity index (χ0v) is 19.6. The van der Waals surface area contributed by atoms with E-state index in [-0.39, 0.29) is 40.8 Å².